The summed E-state index contributed by atoms with van der Waals surface area (Å²) in [5.74, 6) is 1.66. The molecule has 1 saturated heterocycles. The lowest BCUT2D eigenvalue weighted by Crippen LogP contribution is -2.33. The van der Waals surface area contributed by atoms with Gasteiger partial charge in [0, 0.05) is 35.4 Å². The van der Waals surface area contributed by atoms with E-state index >= 15 is 0 Å². The minimum absolute atomic E-state index is 0.00291. The highest BCUT2D eigenvalue weighted by Crippen LogP contribution is 2.34. The van der Waals surface area contributed by atoms with Crippen molar-refractivity contribution in [1.82, 2.24) is 9.55 Å². The Kier molecular flexibility index (Phi) is 4.51. The summed E-state index contributed by atoms with van der Waals surface area (Å²) in [6.07, 6.45) is 2.55. The van der Waals surface area contributed by atoms with Crippen LogP contribution in [0.1, 0.15) is 24.2 Å². The second-order valence-corrected chi connectivity index (χ2v) is 8.44. The van der Waals surface area contributed by atoms with Crippen LogP contribution in [-0.4, -0.2) is 35.4 Å². The highest BCUT2D eigenvalue weighted by Gasteiger charge is 2.24. The van der Waals surface area contributed by atoms with E-state index in [1.54, 1.807) is 11.3 Å². The highest BCUT2D eigenvalue weighted by molar-refractivity contribution is 7.14. The first kappa shape index (κ1) is 17.6. The molecule has 0 amide bonds. The molecule has 0 aliphatic carbocycles. The third kappa shape index (κ3) is 3.15. The first-order valence-electron chi connectivity index (χ1n) is 9.95. The molecule has 6 heteroatoms. The number of ether oxygens (including phenoxy) is 2. The lowest BCUT2D eigenvalue weighted by molar-refractivity contribution is 0.0778. The van der Waals surface area contributed by atoms with E-state index in [1.165, 1.54) is 29.8 Å². The van der Waals surface area contributed by atoms with Gasteiger partial charge >= 0.3 is 0 Å². The third-order valence-electron chi connectivity index (χ3n) is 5.67. The van der Waals surface area contributed by atoms with Crippen molar-refractivity contribution in [2.45, 2.75) is 39.3 Å². The number of rotatable bonds is 4. The highest BCUT2D eigenvalue weighted by atomic mass is 32.1. The molecule has 0 radical (unpaired) electrons. The number of fused-ring (bicyclic) bond motifs is 1. The van der Waals surface area contributed by atoms with Crippen molar-refractivity contribution in [3.05, 3.63) is 47.1 Å². The summed E-state index contributed by atoms with van der Waals surface area (Å²) < 4.78 is 14.4. The first-order valence-corrected chi connectivity index (χ1v) is 10.8. The van der Waals surface area contributed by atoms with Crippen LogP contribution >= 0.6 is 11.3 Å². The monoisotopic (exact) mass is 395 g/mol. The average Bonchev–Trinajstić information content (AvgIpc) is 3.45. The zero-order valence-electron chi connectivity index (χ0n) is 16.4. The Bertz CT molecular complexity index is 988. The number of nitrogens with zero attached hydrogens (tertiary/aromatic N) is 3. The van der Waals surface area contributed by atoms with Gasteiger partial charge in [-0.3, -0.25) is 0 Å². The molecule has 1 atom stereocenters. The Balaban J connectivity index is 1.37. The molecule has 1 aromatic carbocycles. The molecule has 0 saturated carbocycles. The number of aromatic nitrogens is 2. The van der Waals surface area contributed by atoms with Crippen molar-refractivity contribution in [3.63, 3.8) is 0 Å². The number of hydrogen-bond acceptors (Lipinski definition) is 5. The van der Waals surface area contributed by atoms with Crippen LogP contribution < -0.4 is 14.4 Å². The smallest absolute Gasteiger partial charge is 0.185 e. The van der Waals surface area contributed by atoms with Crippen LogP contribution in [0.15, 0.2) is 35.7 Å². The molecule has 0 unspecified atom stereocenters. The predicted molar refractivity (Wildman–Crippen MR) is 113 cm³/mol. The van der Waals surface area contributed by atoms with E-state index in [1.807, 2.05) is 24.3 Å². The quantitative estimate of drug-likeness (QED) is 0.644. The molecule has 1 fully saturated rings. The van der Waals surface area contributed by atoms with Crippen LogP contribution in [0.5, 0.6) is 11.5 Å². The van der Waals surface area contributed by atoms with Crippen LogP contribution in [-0.2, 0) is 6.54 Å². The molecule has 2 aliphatic rings. The molecule has 4 heterocycles. The van der Waals surface area contributed by atoms with Gasteiger partial charge in [0.1, 0.15) is 6.61 Å². The standard InChI is InChI=1S/C22H25N3O2S/c1-15-11-18(19-14-28-22(23-19)24-9-5-6-10-24)16(2)25(15)12-17-13-26-20-7-3-4-8-21(20)27-17/h3-4,7-8,11,14,17H,5-6,9-10,12-13H2,1-2H3/t17-/m1/s1. The maximum Gasteiger partial charge on any atom is 0.185 e. The zero-order valence-corrected chi connectivity index (χ0v) is 17.2. The van der Waals surface area contributed by atoms with Crippen molar-refractivity contribution in [2.24, 2.45) is 0 Å². The molecular weight excluding hydrogens is 370 g/mol. The molecule has 146 valence electrons. The minimum Gasteiger partial charge on any atom is -0.486 e. The minimum atomic E-state index is 0.00291. The molecule has 2 aromatic heterocycles. The molecule has 0 spiro atoms. The van der Waals surface area contributed by atoms with Crippen molar-refractivity contribution in [3.8, 4) is 22.8 Å². The predicted octanol–water partition coefficient (Wildman–Crippen LogP) is 4.67. The normalized spacial score (nSPS) is 18.6. The zero-order chi connectivity index (χ0) is 19.1. The average molecular weight is 396 g/mol. The Labute approximate surface area is 169 Å². The molecule has 5 rings (SSSR count). The maximum absolute atomic E-state index is 6.17. The SMILES string of the molecule is Cc1cc(-c2csc(N3CCCC3)n2)c(C)n1C[C@@H]1COc2ccccc2O1. The van der Waals surface area contributed by atoms with E-state index in [0.29, 0.717) is 6.61 Å². The van der Waals surface area contributed by atoms with E-state index in [4.69, 9.17) is 14.5 Å². The fourth-order valence-electron chi connectivity index (χ4n) is 4.14. The fourth-order valence-corrected chi connectivity index (χ4v) is 5.02. The van der Waals surface area contributed by atoms with Gasteiger partial charge in [0.15, 0.2) is 22.7 Å². The number of para-hydroxylation sites is 2. The summed E-state index contributed by atoms with van der Waals surface area (Å²) in [5.41, 5.74) is 4.76. The summed E-state index contributed by atoms with van der Waals surface area (Å²) in [7, 11) is 0. The number of thiazole rings is 1. The van der Waals surface area contributed by atoms with E-state index in [2.05, 4.69) is 34.8 Å². The van der Waals surface area contributed by atoms with Crippen LogP contribution in [0.3, 0.4) is 0 Å². The lowest BCUT2D eigenvalue weighted by atomic mass is 10.2. The van der Waals surface area contributed by atoms with Gasteiger partial charge in [0.2, 0.25) is 0 Å². The van der Waals surface area contributed by atoms with E-state index in [9.17, 15) is 0 Å². The van der Waals surface area contributed by atoms with Crippen LogP contribution in [0, 0.1) is 13.8 Å². The van der Waals surface area contributed by atoms with Gasteiger partial charge in [-0.1, -0.05) is 12.1 Å². The number of hydrogen-bond donors (Lipinski definition) is 0. The van der Waals surface area contributed by atoms with E-state index < -0.39 is 0 Å². The number of benzene rings is 1. The van der Waals surface area contributed by atoms with Gasteiger partial charge in [-0.05, 0) is 44.9 Å². The summed E-state index contributed by atoms with van der Waals surface area (Å²) >= 11 is 1.75. The van der Waals surface area contributed by atoms with Gasteiger partial charge in [0.05, 0.1) is 12.2 Å². The summed E-state index contributed by atoms with van der Waals surface area (Å²) in [6, 6.07) is 10.1. The van der Waals surface area contributed by atoms with Crippen molar-refractivity contribution < 1.29 is 9.47 Å². The van der Waals surface area contributed by atoms with Gasteiger partial charge < -0.3 is 18.9 Å². The Morgan fingerprint density at radius 1 is 1.14 bits per heavy atom. The molecule has 0 N–H and O–H groups in total. The van der Waals surface area contributed by atoms with Gasteiger partial charge in [-0.2, -0.15) is 0 Å². The second-order valence-electron chi connectivity index (χ2n) is 7.60. The van der Waals surface area contributed by atoms with Crippen LogP contribution in [0.25, 0.3) is 11.3 Å². The Hall–Kier alpha value is -2.47. The molecule has 0 bridgehead atoms. The van der Waals surface area contributed by atoms with Gasteiger partial charge in [-0.15, -0.1) is 11.3 Å². The van der Waals surface area contributed by atoms with E-state index in [0.717, 1.165) is 42.0 Å². The molecule has 5 nitrogen and oxygen atoms in total. The topological polar surface area (TPSA) is 39.5 Å². The largest absolute Gasteiger partial charge is 0.486 e. The Morgan fingerprint density at radius 2 is 1.93 bits per heavy atom. The number of anilines is 1. The van der Waals surface area contributed by atoms with E-state index in [-0.39, 0.29) is 6.10 Å². The number of aryl methyl sites for hydroxylation is 1. The molecular formula is C22H25N3O2S. The molecule has 2 aliphatic heterocycles. The molecule has 28 heavy (non-hydrogen) atoms. The third-order valence-corrected chi connectivity index (χ3v) is 6.57. The van der Waals surface area contributed by atoms with Gasteiger partial charge in [-0.25, -0.2) is 4.98 Å². The van der Waals surface area contributed by atoms with Crippen molar-refractivity contribution in [1.29, 1.82) is 0 Å². The summed E-state index contributed by atoms with van der Waals surface area (Å²) in [6.45, 7) is 7.93. The molecule has 3 aromatic rings. The van der Waals surface area contributed by atoms with Crippen LogP contribution in [0.4, 0.5) is 5.13 Å². The second kappa shape index (κ2) is 7.17. The Morgan fingerprint density at radius 3 is 2.75 bits per heavy atom. The summed E-state index contributed by atoms with van der Waals surface area (Å²) in [5, 5.41) is 3.34. The first-order chi connectivity index (χ1) is 13.7. The maximum atomic E-state index is 6.17. The van der Waals surface area contributed by atoms with Crippen molar-refractivity contribution in [2.75, 3.05) is 24.6 Å². The lowest BCUT2D eigenvalue weighted by Gasteiger charge is -2.27. The van der Waals surface area contributed by atoms with Crippen molar-refractivity contribution >= 4 is 16.5 Å². The van der Waals surface area contributed by atoms with Gasteiger partial charge in [0.25, 0.3) is 0 Å². The van der Waals surface area contributed by atoms with Crippen LogP contribution in [0.2, 0.25) is 0 Å². The summed E-state index contributed by atoms with van der Waals surface area (Å²) in [4.78, 5) is 7.33. The fraction of sp³-hybridized carbons (Fsp3) is 0.409.